The quantitative estimate of drug-likeness (QED) is 0.637. The molecule has 1 aromatic heterocycles. The minimum Gasteiger partial charge on any atom is -0.382 e. The van der Waals surface area contributed by atoms with Gasteiger partial charge in [0.05, 0.1) is 0 Å². The molecular formula is C11H20N6O. The number of anilines is 1. The third-order valence-electron chi connectivity index (χ3n) is 3.15. The average Bonchev–Trinajstić information content (AvgIpc) is 2.78. The second-order valence-electron chi connectivity index (χ2n) is 4.61. The molecule has 1 fully saturated rings. The summed E-state index contributed by atoms with van der Waals surface area (Å²) < 4.78 is 0. The van der Waals surface area contributed by atoms with Crippen LogP contribution in [0.3, 0.4) is 0 Å². The van der Waals surface area contributed by atoms with Crippen molar-refractivity contribution in [3.8, 4) is 0 Å². The number of nitrogens with two attached hydrogens (primary N) is 1. The van der Waals surface area contributed by atoms with Gasteiger partial charge in [-0.3, -0.25) is 14.8 Å². The van der Waals surface area contributed by atoms with Gasteiger partial charge in [-0.05, 0) is 7.05 Å². The number of aromatic amines is 1. The lowest BCUT2D eigenvalue weighted by molar-refractivity contribution is 0.0936. The summed E-state index contributed by atoms with van der Waals surface area (Å²) in [6, 6.07) is 1.53. The van der Waals surface area contributed by atoms with Crippen molar-refractivity contribution in [2.75, 3.05) is 52.0 Å². The van der Waals surface area contributed by atoms with E-state index in [1.807, 2.05) is 0 Å². The van der Waals surface area contributed by atoms with E-state index >= 15 is 0 Å². The number of rotatable bonds is 4. The normalized spacial score (nSPS) is 17.8. The molecule has 0 atom stereocenters. The lowest BCUT2D eigenvalue weighted by atomic mass is 10.3. The summed E-state index contributed by atoms with van der Waals surface area (Å²) in [5, 5.41) is 9.16. The van der Waals surface area contributed by atoms with E-state index in [4.69, 9.17) is 5.73 Å². The molecule has 1 saturated heterocycles. The van der Waals surface area contributed by atoms with E-state index in [9.17, 15) is 4.79 Å². The first kappa shape index (κ1) is 12.8. The molecule has 0 radical (unpaired) electrons. The number of amides is 1. The number of nitrogens with zero attached hydrogens (tertiary/aromatic N) is 3. The maximum Gasteiger partial charge on any atom is 0.269 e. The number of carbonyl (C=O) groups is 1. The zero-order valence-corrected chi connectivity index (χ0v) is 10.6. The van der Waals surface area contributed by atoms with Gasteiger partial charge in [0.2, 0.25) is 0 Å². The Labute approximate surface area is 106 Å². The van der Waals surface area contributed by atoms with Gasteiger partial charge in [-0.25, -0.2) is 0 Å². The third-order valence-corrected chi connectivity index (χ3v) is 3.15. The molecule has 1 amide bonds. The van der Waals surface area contributed by atoms with E-state index in [1.165, 1.54) is 6.07 Å². The van der Waals surface area contributed by atoms with E-state index in [0.29, 0.717) is 18.1 Å². The first-order chi connectivity index (χ1) is 8.65. The van der Waals surface area contributed by atoms with Gasteiger partial charge in [-0.15, -0.1) is 0 Å². The topological polar surface area (TPSA) is 90.3 Å². The molecule has 7 nitrogen and oxygen atoms in total. The van der Waals surface area contributed by atoms with Crippen LogP contribution in [-0.4, -0.2) is 72.2 Å². The summed E-state index contributed by atoms with van der Waals surface area (Å²) in [4.78, 5) is 16.3. The molecule has 0 aliphatic carbocycles. The molecule has 100 valence electrons. The SMILES string of the molecule is CN1CCN(CCNC(=O)c2cc(N)n[nH]2)CC1. The van der Waals surface area contributed by atoms with Crippen LogP contribution < -0.4 is 11.1 Å². The highest BCUT2D eigenvalue weighted by Gasteiger charge is 2.14. The minimum atomic E-state index is -0.159. The Bertz CT molecular complexity index is 396. The zero-order chi connectivity index (χ0) is 13.0. The standard InChI is InChI=1S/C11H20N6O/c1-16-4-6-17(7-5-16)3-2-13-11(18)9-8-10(12)15-14-9/h8H,2-7H2,1H3,(H,13,18)(H3,12,14,15). The Morgan fingerprint density at radius 1 is 1.50 bits per heavy atom. The maximum absolute atomic E-state index is 11.7. The van der Waals surface area contributed by atoms with Crippen molar-refractivity contribution in [1.29, 1.82) is 0 Å². The Kier molecular flexibility index (Phi) is 4.16. The van der Waals surface area contributed by atoms with Crippen LogP contribution in [0, 0.1) is 0 Å². The lowest BCUT2D eigenvalue weighted by Gasteiger charge is -2.32. The van der Waals surface area contributed by atoms with E-state index < -0.39 is 0 Å². The van der Waals surface area contributed by atoms with Crippen molar-refractivity contribution < 1.29 is 4.79 Å². The number of piperazine rings is 1. The summed E-state index contributed by atoms with van der Waals surface area (Å²) in [7, 11) is 2.13. The van der Waals surface area contributed by atoms with Crippen LogP contribution in [0.5, 0.6) is 0 Å². The summed E-state index contributed by atoms with van der Waals surface area (Å²) in [5.41, 5.74) is 5.85. The van der Waals surface area contributed by atoms with Gasteiger partial charge in [0, 0.05) is 45.3 Å². The van der Waals surface area contributed by atoms with Gasteiger partial charge in [0.15, 0.2) is 0 Å². The monoisotopic (exact) mass is 252 g/mol. The molecule has 0 saturated carbocycles. The van der Waals surface area contributed by atoms with Crippen molar-refractivity contribution in [1.82, 2.24) is 25.3 Å². The smallest absolute Gasteiger partial charge is 0.269 e. The van der Waals surface area contributed by atoms with E-state index in [-0.39, 0.29) is 5.91 Å². The van der Waals surface area contributed by atoms with Gasteiger partial charge in [0.25, 0.3) is 5.91 Å². The number of hydrogen-bond donors (Lipinski definition) is 3. The third kappa shape index (κ3) is 3.44. The molecule has 1 aliphatic rings. The Morgan fingerprint density at radius 3 is 2.83 bits per heavy atom. The molecule has 2 rings (SSSR count). The second-order valence-corrected chi connectivity index (χ2v) is 4.61. The van der Waals surface area contributed by atoms with Crippen LogP contribution in [0.25, 0.3) is 0 Å². The Hall–Kier alpha value is -1.60. The van der Waals surface area contributed by atoms with E-state index in [2.05, 4.69) is 32.4 Å². The molecule has 0 spiro atoms. The molecule has 7 heteroatoms. The molecule has 1 aromatic rings. The summed E-state index contributed by atoms with van der Waals surface area (Å²) in [6.07, 6.45) is 0. The van der Waals surface area contributed by atoms with Crippen molar-refractivity contribution in [2.45, 2.75) is 0 Å². The van der Waals surface area contributed by atoms with Crippen LogP contribution in [0.15, 0.2) is 6.07 Å². The molecule has 0 unspecified atom stereocenters. The highest BCUT2D eigenvalue weighted by atomic mass is 16.1. The fourth-order valence-corrected chi connectivity index (χ4v) is 1.95. The number of hydrogen-bond acceptors (Lipinski definition) is 5. The molecule has 1 aliphatic heterocycles. The van der Waals surface area contributed by atoms with Crippen LogP contribution in [0.2, 0.25) is 0 Å². The van der Waals surface area contributed by atoms with Crippen LogP contribution >= 0.6 is 0 Å². The number of aromatic nitrogens is 2. The minimum absolute atomic E-state index is 0.159. The van der Waals surface area contributed by atoms with Gasteiger partial charge >= 0.3 is 0 Å². The van der Waals surface area contributed by atoms with Gasteiger partial charge in [0.1, 0.15) is 11.5 Å². The Morgan fingerprint density at radius 2 is 2.22 bits per heavy atom. The van der Waals surface area contributed by atoms with Gasteiger partial charge in [-0.2, -0.15) is 5.10 Å². The van der Waals surface area contributed by atoms with Crippen molar-refractivity contribution in [3.63, 3.8) is 0 Å². The Balaban J connectivity index is 1.67. The fraction of sp³-hybridized carbons (Fsp3) is 0.636. The van der Waals surface area contributed by atoms with Gasteiger partial charge < -0.3 is 16.0 Å². The van der Waals surface area contributed by atoms with Gasteiger partial charge in [-0.1, -0.05) is 0 Å². The van der Waals surface area contributed by atoms with Crippen molar-refractivity contribution in [3.05, 3.63) is 11.8 Å². The van der Waals surface area contributed by atoms with Crippen LogP contribution in [0.4, 0.5) is 5.82 Å². The molecule has 0 bridgehead atoms. The van der Waals surface area contributed by atoms with Crippen molar-refractivity contribution in [2.24, 2.45) is 0 Å². The predicted molar refractivity (Wildman–Crippen MR) is 69.3 cm³/mol. The van der Waals surface area contributed by atoms with Crippen LogP contribution in [0.1, 0.15) is 10.5 Å². The lowest BCUT2D eigenvalue weighted by Crippen LogP contribution is -2.46. The highest BCUT2D eigenvalue weighted by Crippen LogP contribution is 2.00. The number of carbonyl (C=O) groups excluding carboxylic acids is 1. The second kappa shape index (κ2) is 5.83. The predicted octanol–water partition coefficient (Wildman–Crippen LogP) is -1.03. The molecule has 18 heavy (non-hydrogen) atoms. The average molecular weight is 252 g/mol. The highest BCUT2D eigenvalue weighted by molar-refractivity contribution is 5.92. The van der Waals surface area contributed by atoms with E-state index in [0.717, 1.165) is 32.7 Å². The largest absolute Gasteiger partial charge is 0.382 e. The maximum atomic E-state index is 11.7. The van der Waals surface area contributed by atoms with E-state index in [1.54, 1.807) is 0 Å². The molecular weight excluding hydrogens is 232 g/mol. The van der Waals surface area contributed by atoms with Crippen LogP contribution in [-0.2, 0) is 0 Å². The number of nitrogen functional groups attached to an aromatic ring is 1. The first-order valence-electron chi connectivity index (χ1n) is 6.15. The molecule has 0 aromatic carbocycles. The number of likely N-dealkylation sites (N-methyl/N-ethyl adjacent to an activating group) is 1. The summed E-state index contributed by atoms with van der Waals surface area (Å²) in [6.45, 7) is 5.81. The van der Waals surface area contributed by atoms with Crippen molar-refractivity contribution >= 4 is 11.7 Å². The fourth-order valence-electron chi connectivity index (χ4n) is 1.95. The molecule has 2 heterocycles. The number of H-pyrrole nitrogens is 1. The zero-order valence-electron chi connectivity index (χ0n) is 10.6. The first-order valence-corrected chi connectivity index (χ1v) is 6.15. The summed E-state index contributed by atoms with van der Waals surface area (Å²) >= 11 is 0. The number of nitrogens with one attached hydrogen (secondary N) is 2. The summed E-state index contributed by atoms with van der Waals surface area (Å²) in [5.74, 6) is 0.174. The molecule has 4 N–H and O–H groups in total.